The predicted octanol–water partition coefficient (Wildman–Crippen LogP) is 6.82. The van der Waals surface area contributed by atoms with E-state index in [1.807, 2.05) is 29.5 Å². The van der Waals surface area contributed by atoms with Crippen LogP contribution < -0.4 is 10.6 Å². The number of fused-ring (bicyclic) bond motifs is 1. The summed E-state index contributed by atoms with van der Waals surface area (Å²) >= 11 is 3.50. The van der Waals surface area contributed by atoms with E-state index in [2.05, 4.69) is 78.0 Å². The SMILES string of the molecule is CC(C)CCN1C=CSC1c1cnc(Nc2ccc3ncsc3c2)cc1NC(C)C. The Morgan fingerprint density at radius 3 is 2.80 bits per heavy atom. The molecule has 0 saturated heterocycles. The lowest BCUT2D eigenvalue weighted by molar-refractivity contribution is 0.338. The van der Waals surface area contributed by atoms with Crippen molar-refractivity contribution in [2.24, 2.45) is 5.92 Å². The molecule has 7 heteroatoms. The van der Waals surface area contributed by atoms with Gasteiger partial charge in [-0.05, 0) is 49.8 Å². The molecule has 4 rings (SSSR count). The molecule has 5 nitrogen and oxygen atoms in total. The highest BCUT2D eigenvalue weighted by atomic mass is 32.2. The average molecular weight is 440 g/mol. The van der Waals surface area contributed by atoms with E-state index in [0.717, 1.165) is 29.3 Å². The summed E-state index contributed by atoms with van der Waals surface area (Å²) in [7, 11) is 0. The van der Waals surface area contributed by atoms with Gasteiger partial charge in [0.25, 0.3) is 0 Å². The van der Waals surface area contributed by atoms with E-state index in [9.17, 15) is 0 Å². The number of rotatable bonds is 8. The molecule has 3 aromatic rings. The van der Waals surface area contributed by atoms with Crippen LogP contribution in [0.4, 0.5) is 17.2 Å². The molecular weight excluding hydrogens is 410 g/mol. The fourth-order valence-electron chi connectivity index (χ4n) is 3.44. The normalized spacial score (nSPS) is 16.2. The Bertz CT molecular complexity index is 1030. The van der Waals surface area contributed by atoms with Crippen molar-refractivity contribution in [3.8, 4) is 0 Å². The van der Waals surface area contributed by atoms with E-state index in [0.29, 0.717) is 12.0 Å². The minimum atomic E-state index is 0.264. The number of thiazole rings is 1. The lowest BCUT2D eigenvalue weighted by atomic mass is 10.1. The third kappa shape index (κ3) is 4.90. The number of nitrogens with one attached hydrogen (secondary N) is 2. The van der Waals surface area contributed by atoms with Crippen LogP contribution >= 0.6 is 23.1 Å². The van der Waals surface area contributed by atoms with Gasteiger partial charge in [0.1, 0.15) is 11.2 Å². The molecule has 1 aliphatic heterocycles. The van der Waals surface area contributed by atoms with Crippen molar-refractivity contribution in [2.45, 2.75) is 45.5 Å². The molecule has 0 saturated carbocycles. The van der Waals surface area contributed by atoms with Crippen molar-refractivity contribution in [3.63, 3.8) is 0 Å². The highest BCUT2D eigenvalue weighted by Crippen LogP contribution is 2.42. The highest BCUT2D eigenvalue weighted by Gasteiger charge is 2.25. The standard InChI is InChI=1S/C23H29N5S2/c1-15(2)7-8-28-9-10-29-23(28)18-13-24-22(12-20(18)26-16(3)4)27-17-5-6-19-21(11-17)30-14-25-19/h5-6,9-16,23H,7-8H2,1-4H3,(H2,24,26,27). The van der Waals surface area contributed by atoms with Crippen LogP contribution in [0.2, 0.25) is 0 Å². The summed E-state index contributed by atoms with van der Waals surface area (Å²) in [5.41, 5.74) is 6.30. The maximum atomic E-state index is 4.75. The Hall–Kier alpha value is -2.25. The number of anilines is 3. The fraction of sp³-hybridized carbons (Fsp3) is 0.391. The Morgan fingerprint density at radius 2 is 2.00 bits per heavy atom. The van der Waals surface area contributed by atoms with E-state index in [1.54, 1.807) is 11.3 Å². The topological polar surface area (TPSA) is 53.1 Å². The van der Waals surface area contributed by atoms with Crippen molar-refractivity contribution in [3.05, 3.63) is 53.1 Å². The van der Waals surface area contributed by atoms with E-state index in [1.165, 1.54) is 16.7 Å². The lowest BCUT2D eigenvalue weighted by Crippen LogP contribution is -2.22. The molecule has 2 N–H and O–H groups in total. The summed E-state index contributed by atoms with van der Waals surface area (Å²) in [6.45, 7) is 9.96. The molecule has 0 spiro atoms. The minimum Gasteiger partial charge on any atom is -0.382 e. The second-order valence-corrected chi connectivity index (χ2v) is 10.2. The van der Waals surface area contributed by atoms with Gasteiger partial charge in [-0.2, -0.15) is 0 Å². The Labute approximate surface area is 187 Å². The number of thioether (sulfide) groups is 1. The second-order valence-electron chi connectivity index (χ2n) is 8.31. The number of aromatic nitrogens is 2. The average Bonchev–Trinajstić information content (AvgIpc) is 3.35. The molecule has 158 valence electrons. The number of benzene rings is 1. The van der Waals surface area contributed by atoms with E-state index < -0.39 is 0 Å². The van der Waals surface area contributed by atoms with Gasteiger partial charge in [-0.15, -0.1) is 23.1 Å². The molecule has 1 atom stereocenters. The third-order valence-corrected chi connectivity index (χ3v) is 6.83. The number of pyridine rings is 1. The summed E-state index contributed by atoms with van der Waals surface area (Å²) in [5, 5.41) is 9.55. The highest BCUT2D eigenvalue weighted by molar-refractivity contribution is 8.02. The van der Waals surface area contributed by atoms with Gasteiger partial charge in [0.15, 0.2) is 0 Å². The molecule has 0 fully saturated rings. The van der Waals surface area contributed by atoms with Gasteiger partial charge < -0.3 is 15.5 Å². The quantitative estimate of drug-likeness (QED) is 0.402. The van der Waals surface area contributed by atoms with Gasteiger partial charge in [-0.1, -0.05) is 13.8 Å². The summed E-state index contributed by atoms with van der Waals surface area (Å²) in [6.07, 6.45) is 5.42. The van der Waals surface area contributed by atoms with Gasteiger partial charge in [-0.3, -0.25) is 0 Å². The van der Waals surface area contributed by atoms with Gasteiger partial charge in [0, 0.05) is 48.0 Å². The molecule has 0 amide bonds. The van der Waals surface area contributed by atoms with Crippen molar-refractivity contribution in [2.75, 3.05) is 17.2 Å². The van der Waals surface area contributed by atoms with Crippen LogP contribution in [-0.2, 0) is 0 Å². The fourth-order valence-corrected chi connectivity index (χ4v) is 5.20. The van der Waals surface area contributed by atoms with Crippen molar-refractivity contribution >= 4 is 50.5 Å². The number of hydrogen-bond donors (Lipinski definition) is 2. The molecule has 1 unspecified atom stereocenters. The summed E-state index contributed by atoms with van der Waals surface area (Å²) < 4.78 is 1.17. The monoisotopic (exact) mass is 439 g/mol. The van der Waals surface area contributed by atoms with Crippen LogP contribution in [0.25, 0.3) is 10.2 Å². The molecule has 0 bridgehead atoms. The molecular formula is C23H29N5S2. The van der Waals surface area contributed by atoms with Crippen LogP contribution in [-0.4, -0.2) is 27.5 Å². The van der Waals surface area contributed by atoms with Crippen LogP contribution in [0.3, 0.4) is 0 Å². The van der Waals surface area contributed by atoms with Gasteiger partial charge in [0.2, 0.25) is 0 Å². The summed E-state index contributed by atoms with van der Waals surface area (Å²) in [4.78, 5) is 11.5. The number of nitrogens with zero attached hydrogens (tertiary/aromatic N) is 3. The molecule has 0 radical (unpaired) electrons. The van der Waals surface area contributed by atoms with Crippen LogP contribution in [0.1, 0.15) is 45.1 Å². The molecule has 0 aliphatic carbocycles. The zero-order chi connectivity index (χ0) is 21.1. The third-order valence-electron chi connectivity index (χ3n) is 4.97. The zero-order valence-corrected chi connectivity index (χ0v) is 19.6. The summed E-state index contributed by atoms with van der Waals surface area (Å²) in [6, 6.07) is 8.70. The van der Waals surface area contributed by atoms with Crippen molar-refractivity contribution < 1.29 is 0 Å². The number of hydrogen-bond acceptors (Lipinski definition) is 7. The maximum Gasteiger partial charge on any atom is 0.132 e. The first-order valence-corrected chi connectivity index (χ1v) is 12.3. The molecule has 30 heavy (non-hydrogen) atoms. The molecule has 1 aromatic carbocycles. The van der Waals surface area contributed by atoms with Gasteiger partial charge in [-0.25, -0.2) is 9.97 Å². The smallest absolute Gasteiger partial charge is 0.132 e. The molecule has 3 heterocycles. The first-order chi connectivity index (χ1) is 14.5. The van der Waals surface area contributed by atoms with Crippen LogP contribution in [0.5, 0.6) is 0 Å². The van der Waals surface area contributed by atoms with Crippen molar-refractivity contribution in [1.82, 2.24) is 14.9 Å². The molecule has 1 aliphatic rings. The van der Waals surface area contributed by atoms with Gasteiger partial charge >= 0.3 is 0 Å². The Balaban J connectivity index is 1.58. The largest absolute Gasteiger partial charge is 0.382 e. The zero-order valence-electron chi connectivity index (χ0n) is 17.9. The van der Waals surface area contributed by atoms with E-state index in [-0.39, 0.29) is 5.37 Å². The second kappa shape index (κ2) is 9.27. The maximum absolute atomic E-state index is 4.75. The first kappa shape index (κ1) is 21.0. The summed E-state index contributed by atoms with van der Waals surface area (Å²) in [5.74, 6) is 1.54. The van der Waals surface area contributed by atoms with Gasteiger partial charge in [0.05, 0.1) is 15.7 Å². The minimum absolute atomic E-state index is 0.264. The van der Waals surface area contributed by atoms with Crippen LogP contribution in [0, 0.1) is 5.92 Å². The lowest BCUT2D eigenvalue weighted by Gasteiger charge is -2.28. The van der Waals surface area contributed by atoms with Crippen molar-refractivity contribution in [1.29, 1.82) is 0 Å². The Kier molecular flexibility index (Phi) is 6.49. The Morgan fingerprint density at radius 1 is 1.13 bits per heavy atom. The predicted molar refractivity (Wildman–Crippen MR) is 132 cm³/mol. The molecule has 2 aromatic heterocycles. The van der Waals surface area contributed by atoms with E-state index >= 15 is 0 Å². The van der Waals surface area contributed by atoms with E-state index in [4.69, 9.17) is 4.98 Å². The first-order valence-electron chi connectivity index (χ1n) is 10.4. The van der Waals surface area contributed by atoms with Crippen LogP contribution in [0.15, 0.2) is 47.6 Å².